The van der Waals surface area contributed by atoms with Crippen LogP contribution in [0, 0.1) is 0 Å². The third kappa shape index (κ3) is 62.3. The minimum absolute atomic E-state index is 0.0412. The van der Waals surface area contributed by atoms with Crippen molar-refractivity contribution in [2.75, 3.05) is 40.9 Å². The Bertz CT molecular complexity index is 1520. The molecule has 0 aromatic rings. The van der Waals surface area contributed by atoms with Crippen LogP contribution in [0.3, 0.4) is 0 Å². The number of hydrogen-bond donors (Lipinski definition) is 2. The van der Waals surface area contributed by atoms with Crippen molar-refractivity contribution in [3.05, 3.63) is 48.6 Å². The highest BCUT2D eigenvalue weighted by molar-refractivity contribution is 7.47. The van der Waals surface area contributed by atoms with Crippen LogP contribution in [0.4, 0.5) is 0 Å². The predicted octanol–water partition coefficient (Wildman–Crippen LogP) is 22.0. The Hall–Kier alpha value is -2.03. The average molecular weight is 1160 g/mol. The Balaban J connectivity index is 5.04. The number of rotatable bonds is 64. The molecule has 0 aromatic carbocycles. The van der Waals surface area contributed by atoms with Crippen molar-refractivity contribution in [2.45, 2.75) is 354 Å². The molecule has 0 radical (unpaired) electrons. The lowest BCUT2D eigenvalue weighted by atomic mass is 10.0. The number of nitrogens with zero attached hydrogens (tertiary/aromatic N) is 1. The zero-order valence-electron chi connectivity index (χ0n) is 54.5. The Morgan fingerprint density at radius 3 is 1.15 bits per heavy atom. The van der Waals surface area contributed by atoms with E-state index in [1.165, 1.54) is 244 Å². The van der Waals surface area contributed by atoms with Crippen molar-refractivity contribution in [1.29, 1.82) is 0 Å². The van der Waals surface area contributed by atoms with Gasteiger partial charge in [-0.05, 0) is 89.5 Å². The van der Waals surface area contributed by atoms with Gasteiger partial charge in [0.25, 0.3) is 0 Å². The number of carbonyl (C=O) groups is 2. The van der Waals surface area contributed by atoms with Crippen LogP contribution >= 0.6 is 7.82 Å². The topological polar surface area (TPSA) is 111 Å². The van der Waals surface area contributed by atoms with Crippen molar-refractivity contribution in [2.24, 2.45) is 0 Å². The summed E-state index contributed by atoms with van der Waals surface area (Å²) in [6, 6.07) is -0.848. The van der Waals surface area contributed by atoms with Crippen molar-refractivity contribution >= 4 is 19.7 Å². The third-order valence-electron chi connectivity index (χ3n) is 15.7. The van der Waals surface area contributed by atoms with Crippen LogP contribution < -0.4 is 5.32 Å². The number of amides is 1. The lowest BCUT2D eigenvalue weighted by Crippen LogP contribution is -2.47. The molecule has 3 atom stereocenters. The molecular weight excluding hydrogens is 1020 g/mol. The molecule has 0 rings (SSSR count). The molecule has 0 saturated carbocycles. The number of phosphoric acid groups is 1. The molecule has 0 fully saturated rings. The van der Waals surface area contributed by atoms with E-state index in [1.807, 2.05) is 33.3 Å². The van der Waals surface area contributed by atoms with Gasteiger partial charge in [0, 0.05) is 12.8 Å². The standard InChI is InChI=1S/C71H135N2O7P/c1-7-10-13-16-19-22-25-27-29-31-33-35-36-38-39-41-43-45-48-51-54-57-60-63-70(74)72-68(67-79-81(76,77)78-66-65-73(4,5)6)69(62-59-56-53-50-47-24-21-18-15-12-9-3)80-71(75)64-61-58-55-52-49-46-44-42-40-37-34-32-30-28-26-23-20-17-14-11-8-2/h19,22,27-30,59,62,68-69H,7-18,20-21,23-26,31-58,60-61,63-67H2,1-6H3,(H-,72,74,76,77)/p+1/b22-19-,29-27-,30-28+,62-59+. The van der Waals surface area contributed by atoms with E-state index in [4.69, 9.17) is 13.8 Å². The molecule has 10 heteroatoms. The first-order valence-corrected chi connectivity index (χ1v) is 36.5. The normalized spacial score (nSPS) is 13.8. The smallest absolute Gasteiger partial charge is 0.456 e. The van der Waals surface area contributed by atoms with E-state index in [2.05, 4.69) is 62.5 Å². The molecular formula is C71H136N2O7P+. The number of carbonyl (C=O) groups excluding carboxylic acids is 2. The Labute approximate surface area is 503 Å². The quantitative estimate of drug-likeness (QED) is 0.0205. The maximum atomic E-state index is 13.6. The summed E-state index contributed by atoms with van der Waals surface area (Å²) in [7, 11) is 1.51. The molecule has 81 heavy (non-hydrogen) atoms. The van der Waals surface area contributed by atoms with Gasteiger partial charge in [-0.3, -0.25) is 18.6 Å². The van der Waals surface area contributed by atoms with Gasteiger partial charge in [-0.15, -0.1) is 0 Å². The van der Waals surface area contributed by atoms with E-state index >= 15 is 0 Å². The fraction of sp³-hybridized carbons (Fsp3) is 0.859. The summed E-state index contributed by atoms with van der Waals surface area (Å²) in [6.07, 6.45) is 76.9. The van der Waals surface area contributed by atoms with Gasteiger partial charge in [-0.2, -0.15) is 0 Å². The van der Waals surface area contributed by atoms with E-state index in [9.17, 15) is 19.0 Å². The number of unbranched alkanes of at least 4 members (excludes halogenated alkanes) is 42. The van der Waals surface area contributed by atoms with Crippen LogP contribution in [0.25, 0.3) is 0 Å². The highest BCUT2D eigenvalue weighted by Crippen LogP contribution is 2.43. The molecule has 0 saturated heterocycles. The molecule has 1 amide bonds. The number of likely N-dealkylation sites (N-methyl/N-ethyl adjacent to an activating group) is 1. The van der Waals surface area contributed by atoms with Gasteiger partial charge in [-0.1, -0.05) is 288 Å². The molecule has 9 nitrogen and oxygen atoms in total. The van der Waals surface area contributed by atoms with Crippen LogP contribution in [-0.2, 0) is 27.9 Å². The molecule has 0 aliphatic carbocycles. The zero-order chi connectivity index (χ0) is 59.3. The maximum Gasteiger partial charge on any atom is 0.472 e. The summed E-state index contributed by atoms with van der Waals surface area (Å²) >= 11 is 0. The van der Waals surface area contributed by atoms with Crippen molar-refractivity contribution < 1.29 is 37.3 Å². The second-order valence-corrected chi connectivity index (χ2v) is 26.5. The largest absolute Gasteiger partial charge is 0.472 e. The molecule has 3 unspecified atom stereocenters. The van der Waals surface area contributed by atoms with Gasteiger partial charge in [-0.25, -0.2) is 4.57 Å². The van der Waals surface area contributed by atoms with Crippen molar-refractivity contribution in [3.63, 3.8) is 0 Å². The maximum absolute atomic E-state index is 13.6. The Morgan fingerprint density at radius 1 is 0.432 bits per heavy atom. The second kappa shape index (κ2) is 61.1. The van der Waals surface area contributed by atoms with Crippen LogP contribution in [0.15, 0.2) is 48.6 Å². The number of quaternary nitrogens is 1. The minimum Gasteiger partial charge on any atom is -0.456 e. The lowest BCUT2D eigenvalue weighted by molar-refractivity contribution is -0.870. The highest BCUT2D eigenvalue weighted by Gasteiger charge is 2.30. The zero-order valence-corrected chi connectivity index (χ0v) is 55.4. The molecule has 2 N–H and O–H groups in total. The SMILES string of the molecule is CCCCC/C=C\C/C=C\CCCCCCCCCCCCCCCC(=O)NC(COP(=O)(O)OCC[N+](C)(C)C)C(/C=C/CCCCCCCCCCC)OC(=O)CCCCCCCCCCCCC/C=C/CCCCCCCC. The van der Waals surface area contributed by atoms with E-state index < -0.39 is 20.0 Å². The molecule has 0 spiro atoms. The summed E-state index contributed by atoms with van der Waals surface area (Å²) in [4.78, 5) is 37.8. The van der Waals surface area contributed by atoms with Gasteiger partial charge >= 0.3 is 13.8 Å². The number of hydrogen-bond acceptors (Lipinski definition) is 6. The molecule has 476 valence electrons. The minimum atomic E-state index is -4.45. The third-order valence-corrected chi connectivity index (χ3v) is 16.7. The van der Waals surface area contributed by atoms with Gasteiger partial charge in [0.15, 0.2) is 0 Å². The second-order valence-electron chi connectivity index (χ2n) is 25.0. The number of ether oxygens (including phenoxy) is 1. The van der Waals surface area contributed by atoms with Crippen LogP contribution in [0.1, 0.15) is 342 Å². The number of esters is 1. The summed E-state index contributed by atoms with van der Waals surface area (Å²) in [5, 5.41) is 3.07. The summed E-state index contributed by atoms with van der Waals surface area (Å²) in [5.74, 6) is -0.493. The number of allylic oxidation sites excluding steroid dienone is 7. The number of phosphoric ester groups is 1. The van der Waals surface area contributed by atoms with Gasteiger partial charge in [0.1, 0.15) is 19.3 Å². The van der Waals surface area contributed by atoms with E-state index in [1.54, 1.807) is 0 Å². The molecule has 0 aromatic heterocycles. The molecule has 0 heterocycles. The Kier molecular flexibility index (Phi) is 59.5. The van der Waals surface area contributed by atoms with E-state index in [0.29, 0.717) is 23.9 Å². The van der Waals surface area contributed by atoms with Gasteiger partial charge < -0.3 is 19.4 Å². The average Bonchev–Trinajstić information content (AvgIpc) is 3.43. The molecule has 0 aliphatic heterocycles. The van der Waals surface area contributed by atoms with Crippen molar-refractivity contribution in [1.82, 2.24) is 5.32 Å². The predicted molar refractivity (Wildman–Crippen MR) is 351 cm³/mol. The summed E-state index contributed by atoms with van der Waals surface area (Å²) < 4.78 is 30.8. The first-order valence-electron chi connectivity index (χ1n) is 35.0. The first-order chi connectivity index (χ1) is 39.4. The van der Waals surface area contributed by atoms with Crippen LogP contribution in [0.5, 0.6) is 0 Å². The van der Waals surface area contributed by atoms with Crippen molar-refractivity contribution in [3.8, 4) is 0 Å². The monoisotopic (exact) mass is 1160 g/mol. The van der Waals surface area contributed by atoms with Gasteiger partial charge in [0.2, 0.25) is 5.91 Å². The Morgan fingerprint density at radius 2 is 0.753 bits per heavy atom. The van der Waals surface area contributed by atoms with E-state index in [-0.39, 0.29) is 25.1 Å². The highest BCUT2D eigenvalue weighted by atomic mass is 31.2. The fourth-order valence-electron chi connectivity index (χ4n) is 10.3. The molecule has 0 bridgehead atoms. The van der Waals surface area contributed by atoms with E-state index in [0.717, 1.165) is 64.2 Å². The summed E-state index contributed by atoms with van der Waals surface area (Å²) in [5.41, 5.74) is 0. The summed E-state index contributed by atoms with van der Waals surface area (Å²) in [6.45, 7) is 7.02. The van der Waals surface area contributed by atoms with Gasteiger partial charge in [0.05, 0.1) is 33.8 Å². The molecule has 0 aliphatic rings. The lowest BCUT2D eigenvalue weighted by Gasteiger charge is -2.27. The van der Waals surface area contributed by atoms with Crippen LogP contribution in [0.2, 0.25) is 0 Å². The number of nitrogens with one attached hydrogen (secondary N) is 1. The first kappa shape index (κ1) is 79.0. The fourth-order valence-corrected chi connectivity index (χ4v) is 11.1. The van der Waals surface area contributed by atoms with Crippen LogP contribution in [-0.4, -0.2) is 74.3 Å².